The smallest absolute Gasteiger partial charge is 0.251 e. The molecule has 0 spiro atoms. The highest BCUT2D eigenvalue weighted by atomic mass is 16.6. The van der Waals surface area contributed by atoms with Crippen LogP contribution >= 0.6 is 0 Å². The SMILES string of the molecule is CCc1cnn(C(C)c2ccc(C(=O)NCCOCCOCCOCCOCCOCCOCC(=O)NC)cc2)c1. The van der Waals surface area contributed by atoms with Crippen molar-refractivity contribution in [3.05, 3.63) is 53.3 Å². The number of benzene rings is 1. The monoisotopic (exact) mass is 578 g/mol. The number of rotatable bonds is 24. The fourth-order valence-corrected chi connectivity index (χ4v) is 3.51. The lowest BCUT2D eigenvalue weighted by Crippen LogP contribution is -2.27. The number of carbonyl (C=O) groups excluding carboxylic acids is 2. The van der Waals surface area contributed by atoms with Crippen molar-refractivity contribution in [3.63, 3.8) is 0 Å². The molecule has 2 amide bonds. The highest BCUT2D eigenvalue weighted by molar-refractivity contribution is 5.94. The molecular weight excluding hydrogens is 532 g/mol. The summed E-state index contributed by atoms with van der Waals surface area (Å²) in [6.45, 7) is 9.52. The van der Waals surface area contributed by atoms with E-state index in [1.165, 1.54) is 5.56 Å². The van der Waals surface area contributed by atoms with Crippen molar-refractivity contribution in [2.75, 3.05) is 92.9 Å². The first kappa shape index (κ1) is 34.3. The third kappa shape index (κ3) is 15.1. The Kier molecular flexibility index (Phi) is 18.3. The quantitative estimate of drug-likeness (QED) is 0.179. The van der Waals surface area contributed by atoms with E-state index in [2.05, 4.69) is 35.8 Å². The van der Waals surface area contributed by atoms with Crippen LogP contribution in [0.1, 0.15) is 41.4 Å². The summed E-state index contributed by atoms with van der Waals surface area (Å²) in [5.74, 6) is -0.292. The Morgan fingerprint density at radius 1 is 0.805 bits per heavy atom. The summed E-state index contributed by atoms with van der Waals surface area (Å²) >= 11 is 0. The van der Waals surface area contributed by atoms with Crippen molar-refractivity contribution in [3.8, 4) is 0 Å². The van der Waals surface area contributed by atoms with E-state index < -0.39 is 0 Å². The number of hydrogen-bond acceptors (Lipinski definition) is 9. The Labute approximate surface area is 242 Å². The fraction of sp³-hybridized carbons (Fsp3) is 0.621. The molecule has 0 aliphatic rings. The maximum absolute atomic E-state index is 12.4. The van der Waals surface area contributed by atoms with Crippen molar-refractivity contribution >= 4 is 11.8 Å². The first-order valence-electron chi connectivity index (χ1n) is 14.1. The molecule has 0 saturated carbocycles. The minimum atomic E-state index is -0.161. The van der Waals surface area contributed by atoms with Crippen LogP contribution in [0.5, 0.6) is 0 Å². The number of aromatic nitrogens is 2. The summed E-state index contributed by atoms with van der Waals surface area (Å²) in [5, 5.41) is 9.77. The van der Waals surface area contributed by atoms with Gasteiger partial charge in [-0.1, -0.05) is 19.1 Å². The average Bonchev–Trinajstić information content (AvgIpc) is 3.49. The number of amides is 2. The van der Waals surface area contributed by atoms with Gasteiger partial charge >= 0.3 is 0 Å². The molecule has 0 saturated heterocycles. The lowest BCUT2D eigenvalue weighted by molar-refractivity contribution is -0.125. The Balaban J connectivity index is 1.36. The van der Waals surface area contributed by atoms with Crippen LogP contribution in [-0.4, -0.2) is 114 Å². The van der Waals surface area contributed by atoms with Gasteiger partial charge in [-0.15, -0.1) is 0 Å². The molecule has 0 aliphatic carbocycles. The molecule has 0 bridgehead atoms. The second kappa shape index (κ2) is 21.8. The van der Waals surface area contributed by atoms with E-state index in [0.717, 1.165) is 12.0 Å². The molecular formula is C29H46N4O8. The molecule has 1 aromatic heterocycles. The zero-order valence-electron chi connectivity index (χ0n) is 24.6. The number of aryl methyl sites for hydroxylation is 1. The van der Waals surface area contributed by atoms with E-state index in [1.807, 2.05) is 35.1 Å². The van der Waals surface area contributed by atoms with Crippen molar-refractivity contribution < 1.29 is 38.0 Å². The third-order valence-corrected chi connectivity index (χ3v) is 6.02. The maximum atomic E-state index is 12.4. The van der Waals surface area contributed by atoms with Crippen LogP contribution in [0.4, 0.5) is 0 Å². The highest BCUT2D eigenvalue weighted by Crippen LogP contribution is 2.18. The second-order valence-corrected chi connectivity index (χ2v) is 9.02. The molecule has 0 fully saturated rings. The van der Waals surface area contributed by atoms with Gasteiger partial charge in [0.1, 0.15) is 6.61 Å². The molecule has 1 unspecified atom stereocenters. The first-order chi connectivity index (χ1) is 20.0. The van der Waals surface area contributed by atoms with E-state index in [9.17, 15) is 9.59 Å². The highest BCUT2D eigenvalue weighted by Gasteiger charge is 2.11. The van der Waals surface area contributed by atoms with Crippen LogP contribution in [-0.2, 0) is 39.6 Å². The number of likely N-dealkylation sites (N-methyl/N-ethyl adjacent to an activating group) is 1. The molecule has 1 heterocycles. The number of nitrogens with one attached hydrogen (secondary N) is 2. The van der Waals surface area contributed by atoms with Crippen LogP contribution in [0.3, 0.4) is 0 Å². The van der Waals surface area contributed by atoms with Gasteiger partial charge in [0.25, 0.3) is 5.91 Å². The molecule has 1 atom stereocenters. The molecule has 12 nitrogen and oxygen atoms in total. The lowest BCUT2D eigenvalue weighted by atomic mass is 10.1. The Morgan fingerprint density at radius 2 is 1.32 bits per heavy atom. The minimum Gasteiger partial charge on any atom is -0.377 e. The van der Waals surface area contributed by atoms with Gasteiger partial charge in [-0.05, 0) is 36.6 Å². The summed E-state index contributed by atoms with van der Waals surface area (Å²) < 4.78 is 34.2. The molecule has 41 heavy (non-hydrogen) atoms. The summed E-state index contributed by atoms with van der Waals surface area (Å²) in [5.41, 5.74) is 2.90. The summed E-state index contributed by atoms with van der Waals surface area (Å²) in [4.78, 5) is 23.4. The Hall–Kier alpha value is -2.87. The molecule has 1 aromatic carbocycles. The van der Waals surface area contributed by atoms with Gasteiger partial charge in [0.15, 0.2) is 0 Å². The molecule has 230 valence electrons. The first-order valence-corrected chi connectivity index (χ1v) is 14.1. The molecule has 2 N–H and O–H groups in total. The van der Waals surface area contributed by atoms with Gasteiger partial charge in [0, 0.05) is 25.4 Å². The van der Waals surface area contributed by atoms with Gasteiger partial charge in [-0.3, -0.25) is 14.3 Å². The van der Waals surface area contributed by atoms with Crippen molar-refractivity contribution in [1.29, 1.82) is 0 Å². The average molecular weight is 579 g/mol. The zero-order chi connectivity index (χ0) is 29.5. The zero-order valence-corrected chi connectivity index (χ0v) is 24.6. The summed E-state index contributed by atoms with van der Waals surface area (Å²) in [7, 11) is 1.56. The van der Waals surface area contributed by atoms with Crippen LogP contribution in [0, 0.1) is 0 Å². The van der Waals surface area contributed by atoms with E-state index in [0.29, 0.717) is 84.8 Å². The number of carbonyl (C=O) groups is 2. The normalized spacial score (nSPS) is 11.9. The molecule has 0 radical (unpaired) electrons. The standard InChI is InChI=1S/C29H46N4O8/c1-4-25-21-32-33(22-25)24(2)26-5-7-27(8-6-26)29(35)31-9-10-36-11-12-37-13-14-38-15-16-39-17-18-40-19-20-41-23-28(34)30-3/h5-8,21-22,24H,4,9-20,23H2,1-3H3,(H,30,34)(H,31,35). The predicted octanol–water partition coefficient (Wildman–Crippen LogP) is 1.63. The third-order valence-electron chi connectivity index (χ3n) is 6.02. The topological polar surface area (TPSA) is 131 Å². The Morgan fingerprint density at radius 3 is 1.80 bits per heavy atom. The molecule has 12 heteroatoms. The molecule has 0 aliphatic heterocycles. The van der Waals surface area contributed by atoms with E-state index in [1.54, 1.807) is 7.05 Å². The lowest BCUT2D eigenvalue weighted by Gasteiger charge is -2.13. The largest absolute Gasteiger partial charge is 0.377 e. The molecule has 2 rings (SSSR count). The van der Waals surface area contributed by atoms with Crippen molar-refractivity contribution in [1.82, 2.24) is 20.4 Å². The Bertz CT molecular complexity index is 970. The van der Waals surface area contributed by atoms with Gasteiger partial charge in [0.05, 0.1) is 84.9 Å². The van der Waals surface area contributed by atoms with Gasteiger partial charge in [-0.2, -0.15) is 5.10 Å². The van der Waals surface area contributed by atoms with Crippen molar-refractivity contribution in [2.24, 2.45) is 0 Å². The minimum absolute atomic E-state index is 0.0365. The van der Waals surface area contributed by atoms with Gasteiger partial charge in [-0.25, -0.2) is 0 Å². The van der Waals surface area contributed by atoms with E-state index >= 15 is 0 Å². The fourth-order valence-electron chi connectivity index (χ4n) is 3.51. The second-order valence-electron chi connectivity index (χ2n) is 9.02. The van der Waals surface area contributed by atoms with Crippen LogP contribution in [0.2, 0.25) is 0 Å². The van der Waals surface area contributed by atoms with E-state index in [4.69, 9.17) is 28.4 Å². The summed E-state index contributed by atoms with van der Waals surface area (Å²) in [6, 6.07) is 7.69. The molecule has 2 aromatic rings. The predicted molar refractivity (Wildman–Crippen MR) is 153 cm³/mol. The number of ether oxygens (including phenoxy) is 6. The summed E-state index contributed by atoms with van der Waals surface area (Å²) in [6.07, 6.45) is 4.90. The van der Waals surface area contributed by atoms with E-state index in [-0.39, 0.29) is 24.5 Å². The maximum Gasteiger partial charge on any atom is 0.251 e. The number of hydrogen-bond donors (Lipinski definition) is 2. The van der Waals surface area contributed by atoms with Crippen molar-refractivity contribution in [2.45, 2.75) is 26.3 Å². The number of nitrogens with zero attached hydrogens (tertiary/aromatic N) is 2. The van der Waals surface area contributed by atoms with Crippen LogP contribution in [0.25, 0.3) is 0 Å². The van der Waals surface area contributed by atoms with Crippen LogP contribution < -0.4 is 10.6 Å². The van der Waals surface area contributed by atoms with Gasteiger partial charge < -0.3 is 39.1 Å². The van der Waals surface area contributed by atoms with Crippen LogP contribution in [0.15, 0.2) is 36.7 Å². The van der Waals surface area contributed by atoms with Gasteiger partial charge in [0.2, 0.25) is 5.91 Å².